The van der Waals surface area contributed by atoms with Gasteiger partial charge in [0.2, 0.25) is 0 Å². The highest BCUT2D eigenvalue weighted by Gasteiger charge is 2.11. The van der Waals surface area contributed by atoms with Gasteiger partial charge in [0.25, 0.3) is 5.69 Å². The zero-order chi connectivity index (χ0) is 17.1. The summed E-state index contributed by atoms with van der Waals surface area (Å²) < 4.78 is 1.84. The van der Waals surface area contributed by atoms with Crippen LogP contribution in [0.25, 0.3) is 5.69 Å². The number of aryl methyl sites for hydroxylation is 1. The summed E-state index contributed by atoms with van der Waals surface area (Å²) in [5, 5.41) is 15.4. The fraction of sp³-hybridized carbons (Fsp3) is 0.111. The van der Waals surface area contributed by atoms with Gasteiger partial charge >= 0.3 is 0 Å². The van der Waals surface area contributed by atoms with E-state index < -0.39 is 4.92 Å². The van der Waals surface area contributed by atoms with Gasteiger partial charge in [0.15, 0.2) is 0 Å². The normalized spacial score (nSPS) is 11.1. The number of nitro benzene ring substituents is 1. The Balaban J connectivity index is 1.95. The predicted molar refractivity (Wildman–Crippen MR) is 93.4 cm³/mol. The zero-order valence-electron chi connectivity index (χ0n) is 13.4. The fourth-order valence-corrected chi connectivity index (χ4v) is 2.50. The number of para-hydroxylation sites is 1. The van der Waals surface area contributed by atoms with Crippen molar-refractivity contribution in [2.24, 2.45) is 4.99 Å². The Kier molecular flexibility index (Phi) is 4.20. The molecule has 2 aromatic carbocycles. The van der Waals surface area contributed by atoms with Gasteiger partial charge in [-0.15, -0.1) is 0 Å². The third kappa shape index (κ3) is 3.08. The maximum absolute atomic E-state index is 10.8. The molecule has 1 aromatic heterocycles. The lowest BCUT2D eigenvalue weighted by Gasteiger charge is -2.03. The number of hydrogen-bond acceptors (Lipinski definition) is 4. The molecule has 0 saturated heterocycles. The van der Waals surface area contributed by atoms with Crippen molar-refractivity contribution in [2.45, 2.75) is 13.8 Å². The van der Waals surface area contributed by atoms with Gasteiger partial charge in [0.1, 0.15) is 5.69 Å². The Morgan fingerprint density at radius 3 is 2.58 bits per heavy atom. The van der Waals surface area contributed by atoms with Gasteiger partial charge < -0.3 is 0 Å². The average Bonchev–Trinajstić information content (AvgIpc) is 2.88. The topological polar surface area (TPSA) is 73.3 Å². The number of hydrogen-bond donors (Lipinski definition) is 0. The van der Waals surface area contributed by atoms with E-state index >= 15 is 0 Å². The molecule has 3 rings (SSSR count). The van der Waals surface area contributed by atoms with Gasteiger partial charge in [-0.25, -0.2) is 4.68 Å². The molecule has 24 heavy (non-hydrogen) atoms. The lowest BCUT2D eigenvalue weighted by atomic mass is 10.2. The second kappa shape index (κ2) is 6.45. The van der Waals surface area contributed by atoms with Gasteiger partial charge in [-0.3, -0.25) is 15.1 Å². The molecule has 0 unspecified atom stereocenters. The molecule has 6 heteroatoms. The Labute approximate surface area is 139 Å². The van der Waals surface area contributed by atoms with Crippen LogP contribution in [0.3, 0.4) is 0 Å². The van der Waals surface area contributed by atoms with E-state index in [9.17, 15) is 10.1 Å². The molecule has 0 aliphatic heterocycles. The Morgan fingerprint density at radius 2 is 1.88 bits per heavy atom. The summed E-state index contributed by atoms with van der Waals surface area (Å²) in [4.78, 5) is 14.9. The Morgan fingerprint density at radius 1 is 1.12 bits per heavy atom. The van der Waals surface area contributed by atoms with Crippen molar-refractivity contribution in [3.63, 3.8) is 0 Å². The number of rotatable bonds is 4. The first-order valence-corrected chi connectivity index (χ1v) is 7.46. The summed E-state index contributed by atoms with van der Waals surface area (Å²) in [6, 6.07) is 16.2. The molecule has 0 saturated carbocycles. The van der Waals surface area contributed by atoms with Crippen LogP contribution in [0.5, 0.6) is 0 Å². The Bertz CT molecular complexity index is 914. The molecular formula is C18H16N4O2. The third-order valence-corrected chi connectivity index (χ3v) is 3.68. The van der Waals surface area contributed by atoms with Crippen molar-refractivity contribution in [1.29, 1.82) is 0 Å². The monoisotopic (exact) mass is 320 g/mol. The number of non-ortho nitro benzene ring substituents is 1. The molecular weight excluding hydrogens is 304 g/mol. The summed E-state index contributed by atoms with van der Waals surface area (Å²) in [7, 11) is 0. The molecule has 0 bridgehead atoms. The molecule has 1 heterocycles. The standard InChI is InChI=1S/C18H16N4O2/c1-13-18(14(2)21(20-13)16-8-4-3-5-9-16)19-12-15-7-6-10-17(11-15)22(23)24/h3-12H,1-2H3. The average molecular weight is 320 g/mol. The molecule has 0 fully saturated rings. The molecule has 0 N–H and O–H groups in total. The van der Waals surface area contributed by atoms with E-state index in [1.165, 1.54) is 12.1 Å². The van der Waals surface area contributed by atoms with Crippen molar-refractivity contribution in [2.75, 3.05) is 0 Å². The molecule has 120 valence electrons. The summed E-state index contributed by atoms with van der Waals surface area (Å²) in [5.41, 5.74) is 4.18. The minimum absolute atomic E-state index is 0.0485. The van der Waals surface area contributed by atoms with Gasteiger partial charge in [-0.05, 0) is 31.5 Å². The fourth-order valence-electron chi connectivity index (χ4n) is 2.50. The minimum atomic E-state index is -0.415. The number of benzene rings is 2. The first-order valence-electron chi connectivity index (χ1n) is 7.46. The maximum atomic E-state index is 10.8. The van der Waals surface area contributed by atoms with Crippen LogP contribution in [0.2, 0.25) is 0 Å². The van der Waals surface area contributed by atoms with E-state index in [-0.39, 0.29) is 5.69 Å². The van der Waals surface area contributed by atoms with E-state index in [1.807, 2.05) is 48.9 Å². The minimum Gasteiger partial charge on any atom is -0.258 e. The number of aliphatic imine (C=N–C) groups is 1. The summed E-state index contributed by atoms with van der Waals surface area (Å²) in [6.45, 7) is 3.85. The van der Waals surface area contributed by atoms with Gasteiger partial charge in [-0.1, -0.05) is 30.3 Å². The van der Waals surface area contributed by atoms with Crippen molar-refractivity contribution in [1.82, 2.24) is 9.78 Å². The molecule has 6 nitrogen and oxygen atoms in total. The van der Waals surface area contributed by atoms with Crippen molar-refractivity contribution in [3.05, 3.63) is 81.7 Å². The quantitative estimate of drug-likeness (QED) is 0.412. The first kappa shape index (κ1) is 15.6. The summed E-state index contributed by atoms with van der Waals surface area (Å²) >= 11 is 0. The van der Waals surface area contributed by atoms with E-state index in [0.29, 0.717) is 5.56 Å². The highest BCUT2D eigenvalue weighted by molar-refractivity contribution is 5.83. The van der Waals surface area contributed by atoms with Crippen molar-refractivity contribution >= 4 is 17.6 Å². The number of nitrogens with zero attached hydrogens (tertiary/aromatic N) is 4. The van der Waals surface area contributed by atoms with E-state index in [1.54, 1.807) is 18.3 Å². The SMILES string of the molecule is Cc1nn(-c2ccccc2)c(C)c1N=Cc1cccc([N+](=O)[O-])c1. The molecule has 0 atom stereocenters. The molecule has 0 amide bonds. The lowest BCUT2D eigenvalue weighted by molar-refractivity contribution is -0.384. The molecule has 0 aliphatic carbocycles. The van der Waals surface area contributed by atoms with Crippen LogP contribution < -0.4 is 0 Å². The molecule has 0 spiro atoms. The largest absolute Gasteiger partial charge is 0.270 e. The van der Waals surface area contributed by atoms with Crippen LogP contribution in [-0.4, -0.2) is 20.9 Å². The van der Waals surface area contributed by atoms with E-state index in [0.717, 1.165) is 22.8 Å². The summed E-state index contributed by atoms with van der Waals surface area (Å²) in [6.07, 6.45) is 1.62. The van der Waals surface area contributed by atoms with Crippen molar-refractivity contribution < 1.29 is 4.92 Å². The van der Waals surface area contributed by atoms with Crippen LogP contribution >= 0.6 is 0 Å². The zero-order valence-corrected chi connectivity index (χ0v) is 13.4. The second-order valence-electron chi connectivity index (χ2n) is 5.38. The molecule has 3 aromatic rings. The van der Waals surface area contributed by atoms with E-state index in [2.05, 4.69) is 10.1 Å². The summed E-state index contributed by atoms with van der Waals surface area (Å²) in [5.74, 6) is 0. The number of aromatic nitrogens is 2. The van der Waals surface area contributed by atoms with Crippen molar-refractivity contribution in [3.8, 4) is 5.69 Å². The van der Waals surface area contributed by atoms with Gasteiger partial charge in [-0.2, -0.15) is 5.10 Å². The second-order valence-corrected chi connectivity index (χ2v) is 5.38. The molecule has 0 radical (unpaired) electrons. The van der Waals surface area contributed by atoms with Crippen LogP contribution in [0.4, 0.5) is 11.4 Å². The Hall–Kier alpha value is -3.28. The van der Waals surface area contributed by atoms with Crippen LogP contribution in [-0.2, 0) is 0 Å². The lowest BCUT2D eigenvalue weighted by Crippen LogP contribution is -1.98. The highest BCUT2D eigenvalue weighted by Crippen LogP contribution is 2.25. The van der Waals surface area contributed by atoms with Crippen LogP contribution in [0, 0.1) is 24.0 Å². The van der Waals surface area contributed by atoms with Crippen LogP contribution in [0.15, 0.2) is 59.6 Å². The smallest absolute Gasteiger partial charge is 0.258 e. The van der Waals surface area contributed by atoms with E-state index in [4.69, 9.17) is 0 Å². The first-order chi connectivity index (χ1) is 11.6. The molecule has 0 aliphatic rings. The van der Waals surface area contributed by atoms with Gasteiger partial charge in [0, 0.05) is 18.3 Å². The van der Waals surface area contributed by atoms with Crippen LogP contribution in [0.1, 0.15) is 17.0 Å². The third-order valence-electron chi connectivity index (χ3n) is 3.68. The highest BCUT2D eigenvalue weighted by atomic mass is 16.6. The maximum Gasteiger partial charge on any atom is 0.270 e. The van der Waals surface area contributed by atoms with Gasteiger partial charge in [0.05, 0.1) is 22.0 Å². The predicted octanol–water partition coefficient (Wildman–Crippen LogP) is 4.15. The number of nitro groups is 1.